The van der Waals surface area contributed by atoms with Crippen LogP contribution in [0.3, 0.4) is 0 Å². The zero-order chi connectivity index (χ0) is 18.6. The molecule has 0 radical (unpaired) electrons. The Morgan fingerprint density at radius 2 is 2.19 bits per heavy atom. The van der Waals surface area contributed by atoms with Crippen LogP contribution in [0, 0.1) is 23.2 Å². The lowest BCUT2D eigenvalue weighted by molar-refractivity contribution is -0.143. The molecule has 8 heteroatoms. The first-order chi connectivity index (χ1) is 12.4. The van der Waals surface area contributed by atoms with E-state index in [1.807, 2.05) is 13.8 Å². The highest BCUT2D eigenvalue weighted by Gasteiger charge is 2.42. The fraction of sp³-hybridized carbons (Fsp3) is 0.444. The van der Waals surface area contributed by atoms with Crippen molar-refractivity contribution < 1.29 is 9.59 Å². The van der Waals surface area contributed by atoms with Crippen LogP contribution in [0.2, 0.25) is 5.02 Å². The van der Waals surface area contributed by atoms with Crippen molar-refractivity contribution in [1.29, 1.82) is 5.26 Å². The summed E-state index contributed by atoms with van der Waals surface area (Å²) in [4.78, 5) is 36.6. The molecule has 0 saturated carbocycles. The fourth-order valence-corrected chi connectivity index (χ4v) is 3.99. The number of likely N-dealkylation sites (tertiary alicyclic amines) is 1. The number of nitrogens with one attached hydrogen (secondary N) is 1. The van der Waals surface area contributed by atoms with E-state index in [1.165, 1.54) is 0 Å². The number of hydrogen-bond donors (Lipinski definition) is 1. The molecule has 0 aromatic carbocycles. The molecule has 134 valence electrons. The van der Waals surface area contributed by atoms with E-state index in [0.717, 1.165) is 10.9 Å². The third-order valence-electron chi connectivity index (χ3n) is 5.17. The van der Waals surface area contributed by atoms with Gasteiger partial charge >= 0.3 is 0 Å². The average molecular weight is 372 g/mol. The van der Waals surface area contributed by atoms with Gasteiger partial charge in [0.2, 0.25) is 5.91 Å². The Labute approximate surface area is 155 Å². The number of hydrogen-bond acceptors (Lipinski definition) is 4. The molecular weight excluding hydrogens is 354 g/mol. The minimum Gasteiger partial charge on any atom is -0.345 e. The highest BCUT2D eigenvalue weighted by molar-refractivity contribution is 6.32. The van der Waals surface area contributed by atoms with Gasteiger partial charge in [-0.05, 0) is 5.92 Å². The van der Waals surface area contributed by atoms with E-state index < -0.39 is 6.04 Å². The van der Waals surface area contributed by atoms with Crippen molar-refractivity contribution in [2.24, 2.45) is 11.8 Å². The molecule has 1 N–H and O–H groups in total. The zero-order valence-electron chi connectivity index (χ0n) is 14.5. The number of aromatic nitrogens is 2. The highest BCUT2D eigenvalue weighted by Crippen LogP contribution is 2.35. The lowest BCUT2D eigenvalue weighted by Gasteiger charge is -2.43. The molecule has 2 aliphatic rings. The van der Waals surface area contributed by atoms with E-state index in [0.29, 0.717) is 29.3 Å². The van der Waals surface area contributed by atoms with Gasteiger partial charge in [0.15, 0.2) is 0 Å². The normalized spacial score (nSPS) is 18.2. The Bertz CT molecular complexity index is 954. The van der Waals surface area contributed by atoms with Crippen LogP contribution in [0.5, 0.6) is 0 Å². The standard InChI is InChI=1S/C18H18ClN5O2/c1-9(2)15(18(26)23-6-10(3-20)7-23)24-8-12-13(19)5-22-16-14(12)11(4-21-16)17(24)25/h4-5,9-10,15H,6-8H2,1-2H3,(H,21,22). The van der Waals surface area contributed by atoms with E-state index in [4.69, 9.17) is 16.9 Å². The minimum absolute atomic E-state index is 0.0656. The van der Waals surface area contributed by atoms with Crippen LogP contribution in [0.25, 0.3) is 11.0 Å². The number of carbonyl (C=O) groups excluding carboxylic acids is 2. The number of amides is 2. The fourth-order valence-electron chi connectivity index (χ4n) is 3.79. The Kier molecular flexibility index (Phi) is 3.88. The maximum absolute atomic E-state index is 13.1. The van der Waals surface area contributed by atoms with Crippen LogP contribution in [-0.2, 0) is 11.3 Å². The van der Waals surface area contributed by atoms with Crippen LogP contribution < -0.4 is 0 Å². The number of rotatable bonds is 3. The van der Waals surface area contributed by atoms with E-state index in [2.05, 4.69) is 16.0 Å². The molecule has 1 fully saturated rings. The van der Waals surface area contributed by atoms with Crippen molar-refractivity contribution in [1.82, 2.24) is 19.8 Å². The summed E-state index contributed by atoms with van der Waals surface area (Å²) in [5.41, 5.74) is 1.93. The van der Waals surface area contributed by atoms with Crippen LogP contribution in [-0.4, -0.2) is 50.7 Å². The van der Waals surface area contributed by atoms with Gasteiger partial charge in [0.1, 0.15) is 11.7 Å². The van der Waals surface area contributed by atoms with Crippen LogP contribution in [0.15, 0.2) is 12.4 Å². The van der Waals surface area contributed by atoms with Crippen molar-refractivity contribution in [2.45, 2.75) is 26.4 Å². The maximum atomic E-state index is 13.1. The van der Waals surface area contributed by atoms with Crippen molar-refractivity contribution in [3.8, 4) is 6.07 Å². The second-order valence-corrected chi connectivity index (χ2v) is 7.61. The lowest BCUT2D eigenvalue weighted by Crippen LogP contribution is -2.59. The van der Waals surface area contributed by atoms with Crippen LogP contribution in [0.1, 0.15) is 29.8 Å². The molecule has 2 amide bonds. The summed E-state index contributed by atoms with van der Waals surface area (Å²) in [5.74, 6) is -0.490. The monoisotopic (exact) mass is 371 g/mol. The zero-order valence-corrected chi connectivity index (χ0v) is 15.2. The van der Waals surface area contributed by atoms with Crippen LogP contribution >= 0.6 is 11.6 Å². The van der Waals surface area contributed by atoms with Gasteiger partial charge < -0.3 is 14.8 Å². The lowest BCUT2D eigenvalue weighted by atomic mass is 9.93. The molecule has 0 aliphatic carbocycles. The van der Waals surface area contributed by atoms with Crippen molar-refractivity contribution in [2.75, 3.05) is 13.1 Å². The number of carbonyl (C=O) groups is 2. The second kappa shape index (κ2) is 5.99. The van der Waals surface area contributed by atoms with Gasteiger partial charge in [0.25, 0.3) is 5.91 Å². The Morgan fingerprint density at radius 1 is 1.46 bits per heavy atom. The first kappa shape index (κ1) is 16.9. The maximum Gasteiger partial charge on any atom is 0.257 e. The largest absolute Gasteiger partial charge is 0.345 e. The molecule has 7 nitrogen and oxygen atoms in total. The number of pyridine rings is 1. The molecular formula is C18H18ClN5O2. The summed E-state index contributed by atoms with van der Waals surface area (Å²) >= 11 is 6.34. The molecule has 26 heavy (non-hydrogen) atoms. The van der Waals surface area contributed by atoms with Crippen LogP contribution in [0.4, 0.5) is 0 Å². The van der Waals surface area contributed by atoms with E-state index >= 15 is 0 Å². The van der Waals surface area contributed by atoms with Gasteiger partial charge in [-0.1, -0.05) is 25.4 Å². The summed E-state index contributed by atoms with van der Waals surface area (Å²) in [6, 6.07) is 1.58. The Morgan fingerprint density at radius 3 is 2.85 bits per heavy atom. The third kappa shape index (κ3) is 2.36. The summed E-state index contributed by atoms with van der Waals surface area (Å²) in [6.45, 7) is 4.97. The SMILES string of the molecule is CC(C)C(C(=O)N1CC(C#N)C1)N1Cc2c(Cl)cnc3[nH]cc(c23)C1=O. The smallest absolute Gasteiger partial charge is 0.257 e. The topological polar surface area (TPSA) is 93.1 Å². The van der Waals surface area contributed by atoms with Crippen molar-refractivity contribution >= 4 is 34.4 Å². The van der Waals surface area contributed by atoms with E-state index in [-0.39, 0.29) is 30.2 Å². The number of H-pyrrole nitrogens is 1. The first-order valence-corrected chi connectivity index (χ1v) is 8.94. The quantitative estimate of drug-likeness (QED) is 0.894. The van der Waals surface area contributed by atoms with Crippen molar-refractivity contribution in [3.63, 3.8) is 0 Å². The average Bonchev–Trinajstić information content (AvgIpc) is 2.98. The number of aromatic amines is 1. The predicted molar refractivity (Wildman–Crippen MR) is 95.3 cm³/mol. The van der Waals surface area contributed by atoms with Gasteiger partial charge in [-0.2, -0.15) is 5.26 Å². The van der Waals surface area contributed by atoms with Gasteiger partial charge in [0.05, 0.1) is 22.6 Å². The number of nitrogens with zero attached hydrogens (tertiary/aromatic N) is 4. The molecule has 2 aromatic heterocycles. The molecule has 4 heterocycles. The highest BCUT2D eigenvalue weighted by atomic mass is 35.5. The number of nitriles is 1. The Hall–Kier alpha value is -2.59. The minimum atomic E-state index is -0.593. The molecule has 2 aliphatic heterocycles. The predicted octanol–water partition coefficient (Wildman–Crippen LogP) is 2.18. The Balaban J connectivity index is 1.70. The van der Waals surface area contributed by atoms with Gasteiger partial charge in [-0.25, -0.2) is 4.98 Å². The summed E-state index contributed by atoms with van der Waals surface area (Å²) < 4.78 is 0. The van der Waals surface area contributed by atoms with E-state index in [9.17, 15) is 9.59 Å². The van der Waals surface area contributed by atoms with E-state index in [1.54, 1.807) is 22.2 Å². The first-order valence-electron chi connectivity index (χ1n) is 8.56. The van der Waals surface area contributed by atoms with Gasteiger partial charge in [-0.15, -0.1) is 0 Å². The summed E-state index contributed by atoms with van der Waals surface area (Å²) in [6.07, 6.45) is 3.19. The number of halogens is 1. The van der Waals surface area contributed by atoms with Crippen molar-refractivity contribution in [3.05, 3.63) is 28.5 Å². The van der Waals surface area contributed by atoms with Gasteiger partial charge in [0, 0.05) is 43.0 Å². The second-order valence-electron chi connectivity index (χ2n) is 7.20. The molecule has 4 rings (SSSR count). The molecule has 1 unspecified atom stereocenters. The summed E-state index contributed by atoms with van der Waals surface area (Å²) in [7, 11) is 0. The summed E-state index contributed by atoms with van der Waals surface area (Å²) in [5, 5.41) is 10.2. The molecule has 2 aromatic rings. The molecule has 1 saturated heterocycles. The molecule has 1 atom stereocenters. The third-order valence-corrected chi connectivity index (χ3v) is 5.50. The van der Waals surface area contributed by atoms with Gasteiger partial charge in [-0.3, -0.25) is 9.59 Å². The molecule has 0 bridgehead atoms. The molecule has 0 spiro atoms.